The molecule has 1 aliphatic heterocycles. The van der Waals surface area contributed by atoms with E-state index in [2.05, 4.69) is 10.0 Å². The molecule has 0 aromatic heterocycles. The molecule has 1 N–H and O–H groups in total. The minimum Gasteiger partial charge on any atom is -0.379 e. The van der Waals surface area contributed by atoms with Crippen LogP contribution in [-0.4, -0.2) is 47.3 Å². The van der Waals surface area contributed by atoms with E-state index in [4.69, 9.17) is 5.53 Å². The van der Waals surface area contributed by atoms with Crippen molar-refractivity contribution in [3.05, 3.63) is 10.4 Å². The molecule has 90 valence electrons. The van der Waals surface area contributed by atoms with Crippen LogP contribution in [0.4, 0.5) is 13.2 Å². The fourth-order valence-electron chi connectivity index (χ4n) is 1.43. The molecular weight excluding hydrogens is 229 g/mol. The molecule has 0 aromatic rings. The zero-order valence-corrected chi connectivity index (χ0v) is 8.11. The first kappa shape index (κ1) is 12.6. The molecule has 9 heteroatoms. The zero-order chi connectivity index (χ0) is 12.4. The number of alkyl halides is 3. The molecule has 0 saturated carbocycles. The van der Waals surface area contributed by atoms with Crippen molar-refractivity contribution in [2.24, 2.45) is 5.11 Å². The van der Waals surface area contributed by atoms with Crippen molar-refractivity contribution in [1.82, 2.24) is 4.90 Å². The highest BCUT2D eigenvalue weighted by atomic mass is 19.4. The summed E-state index contributed by atoms with van der Waals surface area (Å²) in [5, 5.41) is 12.2. The van der Waals surface area contributed by atoms with Gasteiger partial charge < -0.3 is 10.0 Å². The highest BCUT2D eigenvalue weighted by molar-refractivity contribution is 5.78. The molecule has 0 radical (unpaired) electrons. The van der Waals surface area contributed by atoms with E-state index in [0.717, 1.165) is 4.90 Å². The summed E-state index contributed by atoms with van der Waals surface area (Å²) >= 11 is 0. The maximum Gasteiger partial charge on any atom is 0.419 e. The monoisotopic (exact) mass is 238 g/mol. The Bertz CT molecular complexity index is 339. The molecule has 1 rings (SSSR count). The fraction of sp³-hybridized carbons (Fsp3) is 0.857. The van der Waals surface area contributed by atoms with Crippen molar-refractivity contribution < 1.29 is 23.1 Å². The van der Waals surface area contributed by atoms with Gasteiger partial charge in [0.25, 0.3) is 0 Å². The van der Waals surface area contributed by atoms with E-state index >= 15 is 0 Å². The summed E-state index contributed by atoms with van der Waals surface area (Å²) in [5.74, 6) is -0.724. The summed E-state index contributed by atoms with van der Waals surface area (Å²) in [5.41, 5.74) is 5.10. The van der Waals surface area contributed by atoms with Crippen LogP contribution in [0.25, 0.3) is 10.4 Å². The first-order valence-electron chi connectivity index (χ1n) is 4.38. The standard InChI is InChI=1S/C7H9F3N4O2/c8-7(9,10)6(16)1-2-14(4-6)5(15)3-12-13-11/h16H,1-4H2/t6-/m0/s1. The number of azide groups is 1. The number of halogens is 3. The van der Waals surface area contributed by atoms with Crippen LogP contribution < -0.4 is 0 Å². The summed E-state index contributed by atoms with van der Waals surface area (Å²) in [6, 6.07) is 0. The lowest BCUT2D eigenvalue weighted by atomic mass is 10.0. The van der Waals surface area contributed by atoms with Gasteiger partial charge in [0.15, 0.2) is 5.60 Å². The molecule has 1 amide bonds. The second-order valence-electron chi connectivity index (χ2n) is 3.48. The Morgan fingerprint density at radius 2 is 2.25 bits per heavy atom. The van der Waals surface area contributed by atoms with Crippen LogP contribution in [0.15, 0.2) is 5.11 Å². The van der Waals surface area contributed by atoms with Crippen molar-refractivity contribution in [1.29, 1.82) is 0 Å². The highest BCUT2D eigenvalue weighted by Crippen LogP contribution is 2.37. The molecule has 0 aliphatic carbocycles. The summed E-state index contributed by atoms with van der Waals surface area (Å²) in [4.78, 5) is 14.4. The third-order valence-electron chi connectivity index (χ3n) is 2.40. The molecule has 16 heavy (non-hydrogen) atoms. The minimum atomic E-state index is -4.76. The normalized spacial score (nSPS) is 25.4. The number of aliphatic hydroxyl groups is 1. The van der Waals surface area contributed by atoms with Gasteiger partial charge in [0, 0.05) is 17.9 Å². The molecule has 1 atom stereocenters. The maximum absolute atomic E-state index is 12.4. The average molecular weight is 238 g/mol. The smallest absolute Gasteiger partial charge is 0.379 e. The van der Waals surface area contributed by atoms with E-state index in [1.807, 2.05) is 0 Å². The Morgan fingerprint density at radius 3 is 2.69 bits per heavy atom. The number of hydrogen-bond acceptors (Lipinski definition) is 3. The number of β-amino-alcohol motifs (C(OH)–C–C–N with tert-alkyl or cyclic N) is 1. The molecule has 0 bridgehead atoms. The SMILES string of the molecule is [N-]=[N+]=NCC(=O)N1CC[C@@](O)(C(F)(F)F)C1. The van der Waals surface area contributed by atoms with Crippen LogP contribution in [0.2, 0.25) is 0 Å². The Balaban J connectivity index is 2.65. The van der Waals surface area contributed by atoms with E-state index in [-0.39, 0.29) is 6.54 Å². The van der Waals surface area contributed by atoms with E-state index in [0.29, 0.717) is 0 Å². The Kier molecular flexibility index (Phi) is 3.30. The van der Waals surface area contributed by atoms with Gasteiger partial charge in [0.1, 0.15) is 6.54 Å². The van der Waals surface area contributed by atoms with Gasteiger partial charge >= 0.3 is 6.18 Å². The van der Waals surface area contributed by atoms with Gasteiger partial charge in [-0.1, -0.05) is 5.11 Å². The van der Waals surface area contributed by atoms with Gasteiger partial charge in [-0.25, -0.2) is 0 Å². The van der Waals surface area contributed by atoms with Gasteiger partial charge in [-0.3, -0.25) is 4.79 Å². The second kappa shape index (κ2) is 4.18. The predicted molar refractivity (Wildman–Crippen MR) is 46.2 cm³/mol. The molecule has 6 nitrogen and oxygen atoms in total. The predicted octanol–water partition coefficient (Wildman–Crippen LogP) is 0.822. The van der Waals surface area contributed by atoms with Crippen LogP contribution in [-0.2, 0) is 4.79 Å². The average Bonchev–Trinajstić information content (AvgIpc) is 2.58. The van der Waals surface area contributed by atoms with Crippen LogP contribution in [0.5, 0.6) is 0 Å². The minimum absolute atomic E-state index is 0.199. The molecule has 0 aromatic carbocycles. The van der Waals surface area contributed by atoms with E-state index in [1.54, 1.807) is 0 Å². The van der Waals surface area contributed by atoms with Crippen LogP contribution in [0.3, 0.4) is 0 Å². The highest BCUT2D eigenvalue weighted by Gasteiger charge is 2.57. The Morgan fingerprint density at radius 1 is 1.62 bits per heavy atom. The topological polar surface area (TPSA) is 89.3 Å². The van der Waals surface area contributed by atoms with Gasteiger partial charge in [0.2, 0.25) is 5.91 Å². The third kappa shape index (κ3) is 2.37. The maximum atomic E-state index is 12.4. The first-order valence-corrected chi connectivity index (χ1v) is 4.38. The largest absolute Gasteiger partial charge is 0.419 e. The van der Waals surface area contributed by atoms with E-state index in [9.17, 15) is 23.1 Å². The first-order chi connectivity index (χ1) is 7.30. The lowest BCUT2D eigenvalue weighted by Gasteiger charge is -2.25. The lowest BCUT2D eigenvalue weighted by Crippen LogP contribution is -2.48. The summed E-state index contributed by atoms with van der Waals surface area (Å²) < 4.78 is 37.1. The number of carbonyl (C=O) groups excluding carboxylic acids is 1. The van der Waals surface area contributed by atoms with Gasteiger partial charge in [0.05, 0.1) is 6.54 Å². The summed E-state index contributed by atoms with van der Waals surface area (Å²) in [7, 11) is 0. The van der Waals surface area contributed by atoms with Crippen molar-refractivity contribution in [2.75, 3.05) is 19.6 Å². The lowest BCUT2D eigenvalue weighted by molar-refractivity contribution is -0.253. The quantitative estimate of drug-likeness (QED) is 0.438. The Hall–Kier alpha value is -1.47. The molecule has 0 unspecified atom stereocenters. The van der Waals surface area contributed by atoms with E-state index < -0.39 is 37.2 Å². The Labute approximate surface area is 88.3 Å². The van der Waals surface area contributed by atoms with Gasteiger partial charge in [-0.05, 0) is 5.53 Å². The number of carbonyl (C=O) groups is 1. The third-order valence-corrected chi connectivity index (χ3v) is 2.40. The molecule has 0 spiro atoms. The number of hydrogen-bond donors (Lipinski definition) is 1. The van der Waals surface area contributed by atoms with E-state index in [1.165, 1.54) is 0 Å². The van der Waals surface area contributed by atoms with Crippen LogP contribution in [0, 0.1) is 0 Å². The van der Waals surface area contributed by atoms with Crippen molar-refractivity contribution in [3.8, 4) is 0 Å². The summed E-state index contributed by atoms with van der Waals surface area (Å²) in [6.45, 7) is -1.55. The van der Waals surface area contributed by atoms with Gasteiger partial charge in [-0.15, -0.1) is 0 Å². The number of nitrogens with zero attached hydrogens (tertiary/aromatic N) is 4. The molecule has 1 heterocycles. The number of amides is 1. The van der Waals surface area contributed by atoms with Crippen molar-refractivity contribution in [3.63, 3.8) is 0 Å². The summed E-state index contributed by atoms with van der Waals surface area (Å²) in [6.07, 6.45) is -5.32. The van der Waals surface area contributed by atoms with Crippen LogP contribution >= 0.6 is 0 Å². The van der Waals surface area contributed by atoms with Crippen LogP contribution in [0.1, 0.15) is 6.42 Å². The molecular formula is C7H9F3N4O2. The molecule has 1 aliphatic rings. The second-order valence-corrected chi connectivity index (χ2v) is 3.48. The van der Waals surface area contributed by atoms with Crippen molar-refractivity contribution in [2.45, 2.75) is 18.2 Å². The zero-order valence-electron chi connectivity index (χ0n) is 8.11. The number of likely N-dealkylation sites (tertiary alicyclic amines) is 1. The molecule has 1 fully saturated rings. The van der Waals surface area contributed by atoms with Gasteiger partial charge in [-0.2, -0.15) is 13.2 Å². The number of rotatable bonds is 2. The van der Waals surface area contributed by atoms with Crippen molar-refractivity contribution >= 4 is 5.91 Å². The molecule has 1 saturated heterocycles. The fourth-order valence-corrected chi connectivity index (χ4v) is 1.43.